The fraction of sp³-hybridized carbons (Fsp3) is 0.438. The van der Waals surface area contributed by atoms with Crippen LogP contribution in [-0.2, 0) is 0 Å². The Morgan fingerprint density at radius 2 is 2.14 bits per heavy atom. The molecular formula is C16H25N3OS. The molecule has 0 amide bonds. The first-order valence-corrected chi connectivity index (χ1v) is 8.26. The minimum absolute atomic E-state index is 0.0693. The molecule has 0 bridgehead atoms. The second-order valence-electron chi connectivity index (χ2n) is 4.53. The molecule has 1 atom stereocenters. The van der Waals surface area contributed by atoms with Gasteiger partial charge in [-0.3, -0.25) is 4.99 Å². The van der Waals surface area contributed by atoms with E-state index in [0.29, 0.717) is 6.54 Å². The minimum Gasteiger partial charge on any atom is -0.396 e. The van der Waals surface area contributed by atoms with E-state index in [-0.39, 0.29) is 12.5 Å². The smallest absolute Gasteiger partial charge is 0.191 e. The number of aliphatic hydroxyl groups is 1. The van der Waals surface area contributed by atoms with E-state index >= 15 is 0 Å². The fourth-order valence-electron chi connectivity index (χ4n) is 1.86. The summed E-state index contributed by atoms with van der Waals surface area (Å²) in [5, 5.41) is 16.0. The predicted octanol–water partition coefficient (Wildman–Crippen LogP) is 1.85. The standard InChI is InChI=1S/C16H25N3OS/c1-3-10-21-11-9-18-16(17-2)19-12-15(13-20)14-7-5-4-6-8-14/h3-8,15,20H,1,9-13H2,2H3,(H2,17,18,19). The molecule has 1 unspecified atom stereocenters. The molecule has 1 rings (SSSR count). The van der Waals surface area contributed by atoms with Crippen LogP contribution in [0.2, 0.25) is 0 Å². The monoisotopic (exact) mass is 307 g/mol. The van der Waals surface area contributed by atoms with Gasteiger partial charge in [0.05, 0.1) is 6.61 Å². The molecule has 0 heterocycles. The molecule has 0 aliphatic heterocycles. The van der Waals surface area contributed by atoms with Crippen molar-refractivity contribution in [2.75, 3.05) is 38.2 Å². The van der Waals surface area contributed by atoms with Gasteiger partial charge in [0.1, 0.15) is 0 Å². The van der Waals surface area contributed by atoms with Gasteiger partial charge in [-0.05, 0) is 5.56 Å². The van der Waals surface area contributed by atoms with E-state index in [4.69, 9.17) is 0 Å². The zero-order chi connectivity index (χ0) is 15.3. The van der Waals surface area contributed by atoms with Gasteiger partial charge in [0, 0.05) is 37.6 Å². The summed E-state index contributed by atoms with van der Waals surface area (Å²) < 4.78 is 0. The van der Waals surface area contributed by atoms with Crippen molar-refractivity contribution < 1.29 is 5.11 Å². The van der Waals surface area contributed by atoms with Crippen LogP contribution >= 0.6 is 11.8 Å². The molecule has 0 aliphatic carbocycles. The zero-order valence-corrected chi connectivity index (χ0v) is 13.4. The Morgan fingerprint density at radius 3 is 2.76 bits per heavy atom. The molecular weight excluding hydrogens is 282 g/mol. The number of nitrogens with zero attached hydrogens (tertiary/aromatic N) is 1. The SMILES string of the molecule is C=CCSCCNC(=NC)NCC(CO)c1ccccc1. The highest BCUT2D eigenvalue weighted by molar-refractivity contribution is 7.99. The molecule has 1 aromatic rings. The fourth-order valence-corrected chi connectivity index (χ4v) is 2.44. The highest BCUT2D eigenvalue weighted by Crippen LogP contribution is 2.13. The Morgan fingerprint density at radius 1 is 1.38 bits per heavy atom. The Bertz CT molecular complexity index is 423. The van der Waals surface area contributed by atoms with E-state index < -0.39 is 0 Å². The van der Waals surface area contributed by atoms with E-state index in [0.717, 1.165) is 29.6 Å². The first kappa shape index (κ1) is 17.6. The van der Waals surface area contributed by atoms with Gasteiger partial charge in [-0.2, -0.15) is 11.8 Å². The molecule has 1 aromatic carbocycles. The number of thioether (sulfide) groups is 1. The number of rotatable bonds is 9. The van der Waals surface area contributed by atoms with Gasteiger partial charge in [0.15, 0.2) is 5.96 Å². The van der Waals surface area contributed by atoms with E-state index in [1.54, 1.807) is 7.05 Å². The number of benzene rings is 1. The van der Waals surface area contributed by atoms with Crippen molar-refractivity contribution in [3.8, 4) is 0 Å². The summed E-state index contributed by atoms with van der Waals surface area (Å²) in [6, 6.07) is 10.0. The van der Waals surface area contributed by atoms with Gasteiger partial charge in [0.2, 0.25) is 0 Å². The highest BCUT2D eigenvalue weighted by atomic mass is 32.2. The zero-order valence-electron chi connectivity index (χ0n) is 12.6. The topological polar surface area (TPSA) is 56.7 Å². The normalized spacial score (nSPS) is 12.8. The second-order valence-corrected chi connectivity index (χ2v) is 5.68. The maximum atomic E-state index is 9.53. The highest BCUT2D eigenvalue weighted by Gasteiger charge is 2.10. The molecule has 0 saturated heterocycles. The molecule has 0 fully saturated rings. The number of hydrogen-bond donors (Lipinski definition) is 3. The van der Waals surface area contributed by atoms with Crippen molar-refractivity contribution in [1.29, 1.82) is 0 Å². The Balaban J connectivity index is 2.34. The number of aliphatic imine (C=N–C) groups is 1. The van der Waals surface area contributed by atoms with E-state index in [9.17, 15) is 5.11 Å². The lowest BCUT2D eigenvalue weighted by Gasteiger charge is -2.18. The van der Waals surface area contributed by atoms with Crippen LogP contribution in [0.1, 0.15) is 11.5 Å². The summed E-state index contributed by atoms with van der Waals surface area (Å²) in [6.07, 6.45) is 1.91. The lowest BCUT2D eigenvalue weighted by molar-refractivity contribution is 0.265. The number of guanidine groups is 1. The van der Waals surface area contributed by atoms with Gasteiger partial charge in [-0.1, -0.05) is 36.4 Å². The van der Waals surface area contributed by atoms with Crippen LogP contribution in [0.3, 0.4) is 0 Å². The quantitative estimate of drug-likeness (QED) is 0.282. The van der Waals surface area contributed by atoms with Crippen LogP contribution in [0.25, 0.3) is 0 Å². The lowest BCUT2D eigenvalue weighted by Crippen LogP contribution is -2.40. The molecule has 0 spiro atoms. The van der Waals surface area contributed by atoms with E-state index in [1.807, 2.05) is 48.2 Å². The van der Waals surface area contributed by atoms with Crippen molar-refractivity contribution in [3.63, 3.8) is 0 Å². The van der Waals surface area contributed by atoms with E-state index in [2.05, 4.69) is 22.2 Å². The van der Waals surface area contributed by atoms with Gasteiger partial charge < -0.3 is 15.7 Å². The predicted molar refractivity (Wildman–Crippen MR) is 93.2 cm³/mol. The van der Waals surface area contributed by atoms with Crippen molar-refractivity contribution in [3.05, 3.63) is 48.6 Å². The summed E-state index contributed by atoms with van der Waals surface area (Å²) in [5.41, 5.74) is 1.13. The molecule has 0 saturated carbocycles. The van der Waals surface area contributed by atoms with Crippen LogP contribution in [0.4, 0.5) is 0 Å². The third-order valence-electron chi connectivity index (χ3n) is 3.01. The molecule has 21 heavy (non-hydrogen) atoms. The van der Waals surface area contributed by atoms with Crippen molar-refractivity contribution >= 4 is 17.7 Å². The lowest BCUT2D eigenvalue weighted by atomic mass is 10.0. The molecule has 0 aromatic heterocycles. The van der Waals surface area contributed by atoms with Crippen LogP contribution < -0.4 is 10.6 Å². The third-order valence-corrected chi connectivity index (χ3v) is 3.97. The van der Waals surface area contributed by atoms with Crippen molar-refractivity contribution in [2.24, 2.45) is 4.99 Å². The number of hydrogen-bond acceptors (Lipinski definition) is 3. The maximum Gasteiger partial charge on any atom is 0.191 e. The van der Waals surface area contributed by atoms with E-state index in [1.165, 1.54) is 0 Å². The van der Waals surface area contributed by atoms with Gasteiger partial charge >= 0.3 is 0 Å². The third kappa shape index (κ3) is 7.20. The van der Waals surface area contributed by atoms with Crippen LogP contribution in [0, 0.1) is 0 Å². The molecule has 0 radical (unpaired) electrons. The summed E-state index contributed by atoms with van der Waals surface area (Å²) in [6.45, 7) is 5.32. The molecule has 116 valence electrons. The average molecular weight is 307 g/mol. The maximum absolute atomic E-state index is 9.53. The van der Waals surface area contributed by atoms with Crippen molar-refractivity contribution in [2.45, 2.75) is 5.92 Å². The average Bonchev–Trinajstić information content (AvgIpc) is 2.54. The molecule has 5 heteroatoms. The first-order chi connectivity index (χ1) is 10.3. The Kier molecular flexibility index (Phi) is 9.40. The van der Waals surface area contributed by atoms with Gasteiger partial charge in [0.25, 0.3) is 0 Å². The first-order valence-electron chi connectivity index (χ1n) is 7.10. The summed E-state index contributed by atoms with van der Waals surface area (Å²) in [5.74, 6) is 2.81. The van der Waals surface area contributed by atoms with Gasteiger partial charge in [-0.15, -0.1) is 6.58 Å². The molecule has 0 aliphatic rings. The number of nitrogens with one attached hydrogen (secondary N) is 2. The summed E-state index contributed by atoms with van der Waals surface area (Å²) in [4.78, 5) is 4.19. The molecule has 3 N–H and O–H groups in total. The van der Waals surface area contributed by atoms with Gasteiger partial charge in [-0.25, -0.2) is 0 Å². The summed E-state index contributed by atoms with van der Waals surface area (Å²) in [7, 11) is 1.75. The largest absolute Gasteiger partial charge is 0.396 e. The minimum atomic E-state index is 0.0693. The van der Waals surface area contributed by atoms with Crippen LogP contribution in [0.5, 0.6) is 0 Å². The Labute approximate surface area is 131 Å². The number of aliphatic hydroxyl groups excluding tert-OH is 1. The Hall–Kier alpha value is -1.46. The van der Waals surface area contributed by atoms with Crippen molar-refractivity contribution in [1.82, 2.24) is 10.6 Å². The second kappa shape index (κ2) is 11.2. The summed E-state index contributed by atoms with van der Waals surface area (Å²) >= 11 is 1.83. The molecule has 4 nitrogen and oxygen atoms in total. The van der Waals surface area contributed by atoms with Crippen LogP contribution in [-0.4, -0.2) is 49.3 Å². The van der Waals surface area contributed by atoms with Crippen LogP contribution in [0.15, 0.2) is 48.0 Å².